The lowest BCUT2D eigenvalue weighted by Crippen LogP contribution is -2.33. The molecule has 2 aromatic carbocycles. The lowest BCUT2D eigenvalue weighted by atomic mass is 9.87. The van der Waals surface area contributed by atoms with Crippen molar-refractivity contribution in [1.82, 2.24) is 15.3 Å². The third-order valence-corrected chi connectivity index (χ3v) is 9.17. The summed E-state index contributed by atoms with van der Waals surface area (Å²) in [4.78, 5) is 9.04. The Morgan fingerprint density at radius 1 is 1.14 bits per heavy atom. The molecule has 1 aliphatic heterocycles. The first-order chi connectivity index (χ1) is 16.7. The number of benzene rings is 2. The van der Waals surface area contributed by atoms with E-state index in [0.29, 0.717) is 17.5 Å². The van der Waals surface area contributed by atoms with Crippen molar-refractivity contribution in [2.24, 2.45) is 0 Å². The number of hydrogen-bond acceptors (Lipinski definition) is 8. The van der Waals surface area contributed by atoms with Gasteiger partial charge in [-0.1, -0.05) is 23.7 Å². The third kappa shape index (κ3) is 4.44. The van der Waals surface area contributed by atoms with Crippen LogP contribution in [0.1, 0.15) is 37.8 Å². The number of aromatic nitrogens is 2. The van der Waals surface area contributed by atoms with Gasteiger partial charge in [0, 0.05) is 18.5 Å². The SMILES string of the molecule is COc1cc2c(cc1Nc1ncc(Cl)c(Nc3ccccc3S(=O)(=O)C(C)C)n1)CNCC21CC1. The van der Waals surface area contributed by atoms with Crippen LogP contribution in [0.5, 0.6) is 5.75 Å². The van der Waals surface area contributed by atoms with Crippen LogP contribution in [-0.2, 0) is 21.8 Å². The Hall–Kier alpha value is -2.88. The summed E-state index contributed by atoms with van der Waals surface area (Å²) in [6.45, 7) is 5.10. The van der Waals surface area contributed by atoms with Crippen LogP contribution in [-0.4, -0.2) is 37.3 Å². The maximum absolute atomic E-state index is 12.8. The van der Waals surface area contributed by atoms with Crippen LogP contribution in [0.3, 0.4) is 0 Å². The summed E-state index contributed by atoms with van der Waals surface area (Å²) in [7, 11) is -1.86. The monoisotopic (exact) mass is 513 g/mol. The predicted octanol–water partition coefficient (Wildman–Crippen LogP) is 4.94. The van der Waals surface area contributed by atoms with E-state index in [1.807, 2.05) is 0 Å². The van der Waals surface area contributed by atoms with Crippen LogP contribution in [0.15, 0.2) is 47.5 Å². The van der Waals surface area contributed by atoms with Crippen molar-refractivity contribution in [2.45, 2.75) is 48.8 Å². The highest BCUT2D eigenvalue weighted by Gasteiger charge is 2.47. The van der Waals surface area contributed by atoms with Gasteiger partial charge < -0.3 is 20.7 Å². The Labute approximate surface area is 210 Å². The molecule has 2 aliphatic rings. The average Bonchev–Trinajstić information content (AvgIpc) is 3.61. The van der Waals surface area contributed by atoms with E-state index in [1.54, 1.807) is 45.2 Å². The zero-order chi connectivity index (χ0) is 24.8. The molecular formula is C25H28ClN5O3S. The van der Waals surface area contributed by atoms with E-state index >= 15 is 0 Å². The van der Waals surface area contributed by atoms with Crippen molar-refractivity contribution in [3.8, 4) is 5.75 Å². The van der Waals surface area contributed by atoms with Gasteiger partial charge in [-0.2, -0.15) is 4.98 Å². The Morgan fingerprint density at radius 2 is 1.91 bits per heavy atom. The van der Waals surface area contributed by atoms with Gasteiger partial charge in [0.2, 0.25) is 5.95 Å². The standard InChI is InChI=1S/C25H28ClN5O3S/c1-15(2)35(32,33)22-7-5-4-6-19(22)29-23-18(26)13-28-24(31-23)30-20-10-16-12-27-14-25(8-9-25)17(16)11-21(20)34-3/h4-7,10-11,13,15,27H,8-9,12,14H2,1-3H3,(H2,28,29,30,31). The van der Waals surface area contributed by atoms with E-state index in [0.717, 1.165) is 24.5 Å². The van der Waals surface area contributed by atoms with Crippen LogP contribution in [0.4, 0.5) is 23.1 Å². The Bertz CT molecular complexity index is 1390. The molecule has 3 N–H and O–H groups in total. The normalized spacial score (nSPS) is 16.1. The van der Waals surface area contributed by atoms with Crippen LogP contribution < -0.4 is 20.7 Å². The molecule has 5 rings (SSSR count). The quantitative estimate of drug-likeness (QED) is 0.408. The fourth-order valence-corrected chi connectivity index (χ4v) is 5.83. The van der Waals surface area contributed by atoms with Crippen molar-refractivity contribution in [3.05, 3.63) is 58.7 Å². The minimum atomic E-state index is -3.51. The molecule has 0 atom stereocenters. The maximum Gasteiger partial charge on any atom is 0.229 e. The van der Waals surface area contributed by atoms with Crippen LogP contribution in [0.2, 0.25) is 5.02 Å². The highest BCUT2D eigenvalue weighted by atomic mass is 35.5. The Balaban J connectivity index is 1.46. The molecule has 1 spiro atoms. The van der Waals surface area contributed by atoms with Gasteiger partial charge in [0.25, 0.3) is 0 Å². The first kappa shape index (κ1) is 23.8. The fourth-order valence-electron chi connectivity index (χ4n) is 4.49. The van der Waals surface area contributed by atoms with Crippen molar-refractivity contribution < 1.29 is 13.2 Å². The third-order valence-electron chi connectivity index (χ3n) is 6.69. The number of anilines is 4. The molecule has 0 amide bonds. The second-order valence-electron chi connectivity index (χ2n) is 9.32. The van der Waals surface area contributed by atoms with Gasteiger partial charge in [0.05, 0.1) is 34.8 Å². The minimum absolute atomic E-state index is 0.192. The predicted molar refractivity (Wildman–Crippen MR) is 138 cm³/mol. The Morgan fingerprint density at radius 3 is 2.63 bits per heavy atom. The van der Waals surface area contributed by atoms with E-state index in [4.69, 9.17) is 16.3 Å². The molecule has 184 valence electrons. The topological polar surface area (TPSA) is 105 Å². The van der Waals surface area contributed by atoms with Gasteiger partial charge in [-0.3, -0.25) is 0 Å². The minimum Gasteiger partial charge on any atom is -0.495 e. The Kier molecular flexibility index (Phi) is 6.11. The number of nitrogens with one attached hydrogen (secondary N) is 3. The summed E-state index contributed by atoms with van der Waals surface area (Å²) in [6.07, 6.45) is 3.85. The molecule has 0 bridgehead atoms. The van der Waals surface area contributed by atoms with Crippen LogP contribution >= 0.6 is 11.6 Å². The van der Waals surface area contributed by atoms with Crippen molar-refractivity contribution in [3.63, 3.8) is 0 Å². The van der Waals surface area contributed by atoms with Crippen molar-refractivity contribution in [2.75, 3.05) is 24.3 Å². The van der Waals surface area contributed by atoms with Gasteiger partial charge in [-0.15, -0.1) is 0 Å². The number of para-hydroxylation sites is 1. The summed E-state index contributed by atoms with van der Waals surface area (Å²) in [5.74, 6) is 1.33. The number of nitrogens with zero attached hydrogens (tertiary/aromatic N) is 2. The molecule has 35 heavy (non-hydrogen) atoms. The molecule has 10 heteroatoms. The fraction of sp³-hybridized carbons (Fsp3) is 0.360. The van der Waals surface area contributed by atoms with Gasteiger partial charge in [-0.25, -0.2) is 13.4 Å². The molecular weight excluding hydrogens is 486 g/mol. The van der Waals surface area contributed by atoms with E-state index in [-0.39, 0.29) is 15.3 Å². The van der Waals surface area contributed by atoms with Gasteiger partial charge in [0.15, 0.2) is 15.7 Å². The summed E-state index contributed by atoms with van der Waals surface area (Å²) in [5.41, 5.74) is 3.97. The summed E-state index contributed by atoms with van der Waals surface area (Å²) in [5, 5.41) is 9.55. The van der Waals surface area contributed by atoms with Gasteiger partial charge in [-0.05, 0) is 62.1 Å². The number of hydrogen-bond donors (Lipinski definition) is 3. The van der Waals surface area contributed by atoms with Gasteiger partial charge >= 0.3 is 0 Å². The van der Waals surface area contributed by atoms with Crippen LogP contribution in [0, 0.1) is 0 Å². The number of methoxy groups -OCH3 is 1. The summed E-state index contributed by atoms with van der Waals surface area (Å²) in [6, 6.07) is 10.9. The van der Waals surface area contributed by atoms with E-state index < -0.39 is 15.1 Å². The number of halogens is 1. The molecule has 8 nitrogen and oxygen atoms in total. The van der Waals surface area contributed by atoms with E-state index in [9.17, 15) is 8.42 Å². The lowest BCUT2D eigenvalue weighted by Gasteiger charge is -2.28. The molecule has 0 saturated heterocycles. The molecule has 0 radical (unpaired) electrons. The first-order valence-corrected chi connectivity index (χ1v) is 13.5. The molecule has 3 aromatic rings. The highest BCUT2D eigenvalue weighted by molar-refractivity contribution is 7.92. The smallest absolute Gasteiger partial charge is 0.229 e. The van der Waals surface area contributed by atoms with E-state index in [2.05, 4.69) is 38.1 Å². The number of rotatable bonds is 7. The first-order valence-electron chi connectivity index (χ1n) is 11.6. The molecule has 2 heterocycles. The molecule has 1 aliphatic carbocycles. The number of sulfone groups is 1. The van der Waals surface area contributed by atoms with Crippen LogP contribution in [0.25, 0.3) is 0 Å². The summed E-state index contributed by atoms with van der Waals surface area (Å²) < 4.78 is 31.4. The molecule has 1 saturated carbocycles. The zero-order valence-corrected chi connectivity index (χ0v) is 21.4. The second kappa shape index (κ2) is 8.96. The van der Waals surface area contributed by atoms with Crippen molar-refractivity contribution in [1.29, 1.82) is 0 Å². The van der Waals surface area contributed by atoms with Gasteiger partial charge in [0.1, 0.15) is 10.8 Å². The lowest BCUT2D eigenvalue weighted by molar-refractivity contribution is 0.413. The largest absolute Gasteiger partial charge is 0.495 e. The maximum atomic E-state index is 12.8. The zero-order valence-electron chi connectivity index (χ0n) is 19.9. The van der Waals surface area contributed by atoms with Crippen molar-refractivity contribution >= 4 is 44.6 Å². The summed E-state index contributed by atoms with van der Waals surface area (Å²) >= 11 is 6.37. The number of fused-ring (bicyclic) bond motifs is 2. The molecule has 1 fully saturated rings. The average molecular weight is 514 g/mol. The van der Waals surface area contributed by atoms with E-state index in [1.165, 1.54) is 30.2 Å². The second-order valence-corrected chi connectivity index (χ2v) is 12.2. The number of ether oxygens (including phenoxy) is 1. The molecule has 1 aromatic heterocycles. The molecule has 0 unspecified atom stereocenters. The highest BCUT2D eigenvalue weighted by Crippen LogP contribution is 2.52.